The van der Waals surface area contributed by atoms with Crippen LogP contribution < -0.4 is 11.1 Å². The number of aryl methyl sites for hydroxylation is 1. The highest BCUT2D eigenvalue weighted by atomic mass is 35.5. The summed E-state index contributed by atoms with van der Waals surface area (Å²) in [5.74, 6) is -1.11. The third kappa shape index (κ3) is 5.76. The van der Waals surface area contributed by atoms with Gasteiger partial charge in [0.15, 0.2) is 0 Å². The monoisotopic (exact) mass is 354 g/mol. The van der Waals surface area contributed by atoms with E-state index in [4.69, 9.17) is 10.8 Å². The number of carbonyl (C=O) groups excluding carboxylic acids is 1. The van der Waals surface area contributed by atoms with Gasteiger partial charge in [-0.15, -0.1) is 17.5 Å². The minimum absolute atomic E-state index is 0. The zero-order valence-electron chi connectivity index (χ0n) is 13.0. The van der Waals surface area contributed by atoms with Crippen LogP contribution >= 0.6 is 12.4 Å². The van der Waals surface area contributed by atoms with Crippen LogP contribution in [-0.4, -0.2) is 43.5 Å². The van der Waals surface area contributed by atoms with Gasteiger partial charge < -0.3 is 21.1 Å². The number of rotatable bonds is 6. The number of nitrogens with two attached hydrogens (primary N) is 1. The van der Waals surface area contributed by atoms with Crippen molar-refractivity contribution in [2.75, 3.05) is 12.3 Å². The molecule has 0 spiro atoms. The second-order valence-corrected chi connectivity index (χ2v) is 5.03. The molecular formula is C14H19ClN6O3. The summed E-state index contributed by atoms with van der Waals surface area (Å²) in [6.07, 6.45) is 1.69. The fourth-order valence-corrected chi connectivity index (χ4v) is 1.97. The number of carboxylic acids is 1. The normalized spacial score (nSPS) is 9.88. The number of hydrogen-bond donors (Lipinski definition) is 3. The van der Waals surface area contributed by atoms with Crippen molar-refractivity contribution in [3.8, 4) is 0 Å². The molecule has 0 saturated carbocycles. The van der Waals surface area contributed by atoms with Gasteiger partial charge in [-0.2, -0.15) is 0 Å². The van der Waals surface area contributed by atoms with Crippen molar-refractivity contribution in [3.05, 3.63) is 41.7 Å². The third-order valence-electron chi connectivity index (χ3n) is 3.03. The first-order valence-corrected chi connectivity index (χ1v) is 6.88. The van der Waals surface area contributed by atoms with Crippen LogP contribution in [0, 0.1) is 0 Å². The number of aliphatic carboxylic acids is 1. The topological polar surface area (TPSA) is 126 Å². The fraction of sp³-hybridized carbons (Fsp3) is 0.286. The molecule has 0 aliphatic rings. The lowest BCUT2D eigenvalue weighted by Crippen LogP contribution is -2.41. The summed E-state index contributed by atoms with van der Waals surface area (Å²) in [6, 6.07) is 6.61. The van der Waals surface area contributed by atoms with E-state index in [0.717, 1.165) is 5.56 Å². The summed E-state index contributed by atoms with van der Waals surface area (Å²) in [6.45, 7) is 0.0590. The molecule has 2 rings (SSSR count). The van der Waals surface area contributed by atoms with Gasteiger partial charge in [0.05, 0.1) is 6.54 Å². The maximum absolute atomic E-state index is 12.2. The van der Waals surface area contributed by atoms with E-state index < -0.39 is 18.5 Å². The molecule has 0 saturated heterocycles. The summed E-state index contributed by atoms with van der Waals surface area (Å²) in [7, 11) is 1.73. The molecule has 1 heterocycles. The van der Waals surface area contributed by atoms with Crippen molar-refractivity contribution < 1.29 is 14.7 Å². The highest BCUT2D eigenvalue weighted by Crippen LogP contribution is 2.11. The Morgan fingerprint density at radius 3 is 2.50 bits per heavy atom. The van der Waals surface area contributed by atoms with Gasteiger partial charge in [-0.25, -0.2) is 4.79 Å². The average Bonchev–Trinajstić information content (AvgIpc) is 2.91. The number of anilines is 1. The minimum Gasteiger partial charge on any atom is -0.480 e. The Morgan fingerprint density at radius 2 is 1.96 bits per heavy atom. The van der Waals surface area contributed by atoms with Gasteiger partial charge in [-0.05, 0) is 17.7 Å². The molecule has 0 aliphatic carbocycles. The van der Waals surface area contributed by atoms with E-state index in [-0.39, 0.29) is 19.0 Å². The van der Waals surface area contributed by atoms with Crippen molar-refractivity contribution in [2.45, 2.75) is 13.1 Å². The molecular weight excluding hydrogens is 336 g/mol. The predicted molar refractivity (Wildman–Crippen MR) is 89.4 cm³/mol. The van der Waals surface area contributed by atoms with Crippen LogP contribution in [0.5, 0.6) is 0 Å². The molecule has 0 unspecified atom stereocenters. The molecule has 0 radical (unpaired) electrons. The molecule has 1 aromatic heterocycles. The van der Waals surface area contributed by atoms with E-state index in [2.05, 4.69) is 15.6 Å². The minimum atomic E-state index is -1.11. The molecule has 0 atom stereocenters. The molecule has 4 N–H and O–H groups in total. The maximum Gasteiger partial charge on any atom is 0.323 e. The van der Waals surface area contributed by atoms with E-state index in [0.29, 0.717) is 17.9 Å². The summed E-state index contributed by atoms with van der Waals surface area (Å²) < 4.78 is 1.53. The summed E-state index contributed by atoms with van der Waals surface area (Å²) in [4.78, 5) is 24.3. The molecule has 130 valence electrons. The molecule has 24 heavy (non-hydrogen) atoms. The molecule has 0 aliphatic heterocycles. The van der Waals surface area contributed by atoms with Crippen molar-refractivity contribution in [3.63, 3.8) is 0 Å². The largest absolute Gasteiger partial charge is 0.480 e. The van der Waals surface area contributed by atoms with E-state index in [1.807, 2.05) is 12.1 Å². The Balaban J connectivity index is 0.00000288. The van der Waals surface area contributed by atoms with E-state index >= 15 is 0 Å². The Hall–Kier alpha value is -2.81. The molecule has 2 aromatic rings. The van der Waals surface area contributed by atoms with Crippen LogP contribution in [0.15, 0.2) is 30.5 Å². The SMILES string of the molecule is Cl.Cn1cc(CN(Cc2ccc(N)cc2)C(=O)NCC(=O)O)nn1. The quantitative estimate of drug-likeness (QED) is 0.652. The first-order chi connectivity index (χ1) is 10.9. The zero-order chi connectivity index (χ0) is 16.8. The number of urea groups is 1. The lowest BCUT2D eigenvalue weighted by Gasteiger charge is -2.22. The van der Waals surface area contributed by atoms with Crippen molar-refractivity contribution in [1.29, 1.82) is 0 Å². The molecule has 0 bridgehead atoms. The van der Waals surface area contributed by atoms with Crippen LogP contribution in [0.4, 0.5) is 10.5 Å². The number of nitrogens with one attached hydrogen (secondary N) is 1. The standard InChI is InChI=1S/C14H18N6O3.ClH/c1-19-8-12(17-18-19)9-20(14(23)16-6-13(21)22)7-10-2-4-11(15)5-3-10;/h2-5,8H,6-7,9,15H2,1H3,(H,16,23)(H,21,22);1H. The fourth-order valence-electron chi connectivity index (χ4n) is 1.97. The van der Waals surface area contributed by atoms with Gasteiger partial charge in [0.25, 0.3) is 0 Å². The van der Waals surface area contributed by atoms with Gasteiger partial charge in [0, 0.05) is 25.5 Å². The number of halogens is 1. The second kappa shape index (κ2) is 8.73. The first kappa shape index (κ1) is 19.2. The number of carboxylic acid groups (broad SMARTS) is 1. The lowest BCUT2D eigenvalue weighted by molar-refractivity contribution is -0.135. The number of nitrogen functional groups attached to an aromatic ring is 1. The van der Waals surface area contributed by atoms with Crippen LogP contribution in [-0.2, 0) is 24.9 Å². The van der Waals surface area contributed by atoms with E-state index in [1.165, 1.54) is 9.58 Å². The summed E-state index contributed by atoms with van der Waals surface area (Å²) in [5.41, 5.74) is 7.75. The van der Waals surface area contributed by atoms with Crippen LogP contribution in [0.1, 0.15) is 11.3 Å². The van der Waals surface area contributed by atoms with E-state index in [9.17, 15) is 9.59 Å². The van der Waals surface area contributed by atoms with Gasteiger partial charge >= 0.3 is 12.0 Å². The lowest BCUT2D eigenvalue weighted by atomic mass is 10.2. The number of amides is 2. The van der Waals surface area contributed by atoms with Crippen molar-refractivity contribution in [1.82, 2.24) is 25.2 Å². The summed E-state index contributed by atoms with van der Waals surface area (Å²) in [5, 5.41) is 18.8. The number of nitrogens with zero attached hydrogens (tertiary/aromatic N) is 4. The molecule has 9 nitrogen and oxygen atoms in total. The average molecular weight is 355 g/mol. The van der Waals surface area contributed by atoms with Gasteiger partial charge in [0.2, 0.25) is 0 Å². The Morgan fingerprint density at radius 1 is 1.29 bits per heavy atom. The predicted octanol–water partition coefficient (Wildman–Crippen LogP) is 0.615. The molecule has 0 fully saturated rings. The van der Waals surface area contributed by atoms with Crippen LogP contribution in [0.25, 0.3) is 0 Å². The van der Waals surface area contributed by atoms with Crippen LogP contribution in [0.3, 0.4) is 0 Å². The number of carbonyl (C=O) groups is 2. The van der Waals surface area contributed by atoms with Crippen molar-refractivity contribution >= 4 is 30.1 Å². The van der Waals surface area contributed by atoms with E-state index in [1.54, 1.807) is 25.4 Å². The Kier molecular flexibility index (Phi) is 6.99. The molecule has 1 aromatic carbocycles. The number of aromatic nitrogens is 3. The maximum atomic E-state index is 12.2. The van der Waals surface area contributed by atoms with Gasteiger partial charge in [-0.3, -0.25) is 9.48 Å². The highest BCUT2D eigenvalue weighted by Gasteiger charge is 2.17. The highest BCUT2D eigenvalue weighted by molar-refractivity contribution is 5.85. The van der Waals surface area contributed by atoms with Gasteiger partial charge in [0.1, 0.15) is 12.2 Å². The Labute approximate surface area is 144 Å². The van der Waals surface area contributed by atoms with Crippen LogP contribution in [0.2, 0.25) is 0 Å². The van der Waals surface area contributed by atoms with Crippen molar-refractivity contribution in [2.24, 2.45) is 7.05 Å². The number of benzene rings is 1. The third-order valence-corrected chi connectivity index (χ3v) is 3.03. The zero-order valence-corrected chi connectivity index (χ0v) is 13.9. The van der Waals surface area contributed by atoms with Gasteiger partial charge in [-0.1, -0.05) is 17.3 Å². The first-order valence-electron chi connectivity index (χ1n) is 6.88. The smallest absolute Gasteiger partial charge is 0.323 e. The second-order valence-electron chi connectivity index (χ2n) is 5.03. The molecule has 2 amide bonds. The number of hydrogen-bond acceptors (Lipinski definition) is 5. The summed E-state index contributed by atoms with van der Waals surface area (Å²) >= 11 is 0. The Bertz CT molecular complexity index is 688. The molecule has 10 heteroatoms.